The maximum absolute atomic E-state index is 12.4. The van der Waals surface area contributed by atoms with Gasteiger partial charge in [-0.3, -0.25) is 4.79 Å². The minimum Gasteiger partial charge on any atom is -0.330 e. The van der Waals surface area contributed by atoms with Crippen molar-refractivity contribution in [3.05, 3.63) is 23.8 Å². The Labute approximate surface area is 156 Å². The molecule has 0 heterocycles. The molecule has 1 aromatic carbocycles. The van der Waals surface area contributed by atoms with Gasteiger partial charge < -0.3 is 11.1 Å². The number of sulfonamides is 1. The average Bonchev–Trinajstić information content (AvgIpc) is 2.54. The van der Waals surface area contributed by atoms with Crippen molar-refractivity contribution in [2.75, 3.05) is 11.9 Å². The molecule has 1 amide bonds. The zero-order valence-corrected chi connectivity index (χ0v) is 16.2. The number of nitrogens with two attached hydrogens (primary N) is 2. The number of benzene rings is 1. The number of rotatable bonds is 6. The first-order valence-corrected chi connectivity index (χ1v) is 10.00. The lowest BCUT2D eigenvalue weighted by atomic mass is 9.71. The van der Waals surface area contributed by atoms with Gasteiger partial charge in [-0.05, 0) is 48.9 Å². The van der Waals surface area contributed by atoms with Crippen molar-refractivity contribution >= 4 is 34.0 Å². The van der Waals surface area contributed by atoms with Gasteiger partial charge in [-0.25, -0.2) is 13.6 Å². The fraction of sp³-hybridized carbons (Fsp3) is 0.588. The molecule has 0 aliphatic heterocycles. The number of halogens is 1. The Balaban J connectivity index is 0.00000312. The molecule has 1 saturated carbocycles. The van der Waals surface area contributed by atoms with E-state index >= 15 is 0 Å². The van der Waals surface area contributed by atoms with Gasteiger partial charge in [-0.1, -0.05) is 32.3 Å². The SMILES string of the molecule is CCc1ccc(NC(=O)CC2(CN)CCCCC2)cc1S(N)(=O)=O.Cl. The molecular weight excluding hydrogens is 362 g/mol. The molecule has 6 nitrogen and oxygen atoms in total. The number of primary sulfonamides is 1. The summed E-state index contributed by atoms with van der Waals surface area (Å²) in [5.41, 5.74) is 6.88. The second-order valence-corrected chi connectivity index (χ2v) is 8.24. The van der Waals surface area contributed by atoms with E-state index in [0.717, 1.165) is 25.7 Å². The van der Waals surface area contributed by atoms with Crippen LogP contribution in [0.4, 0.5) is 5.69 Å². The van der Waals surface area contributed by atoms with Crippen molar-refractivity contribution in [2.24, 2.45) is 16.3 Å². The lowest BCUT2D eigenvalue weighted by molar-refractivity contribution is -0.118. The first-order chi connectivity index (χ1) is 11.3. The molecule has 1 aliphatic rings. The Bertz CT molecular complexity index is 701. The number of hydrogen-bond donors (Lipinski definition) is 3. The van der Waals surface area contributed by atoms with Crippen LogP contribution in [-0.4, -0.2) is 20.9 Å². The van der Waals surface area contributed by atoms with Gasteiger partial charge in [0, 0.05) is 12.1 Å². The van der Waals surface area contributed by atoms with Gasteiger partial charge in [-0.15, -0.1) is 12.4 Å². The number of carbonyl (C=O) groups excluding carboxylic acids is 1. The van der Waals surface area contributed by atoms with Crippen LogP contribution in [0, 0.1) is 5.41 Å². The van der Waals surface area contributed by atoms with Crippen molar-refractivity contribution in [1.29, 1.82) is 0 Å². The van der Waals surface area contributed by atoms with Crippen LogP contribution in [0.3, 0.4) is 0 Å². The largest absolute Gasteiger partial charge is 0.330 e. The smallest absolute Gasteiger partial charge is 0.238 e. The highest BCUT2D eigenvalue weighted by molar-refractivity contribution is 7.89. The summed E-state index contributed by atoms with van der Waals surface area (Å²) in [7, 11) is -3.82. The second-order valence-electron chi connectivity index (χ2n) is 6.71. The predicted octanol–water partition coefficient (Wildman–Crippen LogP) is 2.56. The van der Waals surface area contributed by atoms with Crippen molar-refractivity contribution in [1.82, 2.24) is 0 Å². The highest BCUT2D eigenvalue weighted by Gasteiger charge is 2.33. The van der Waals surface area contributed by atoms with Crippen molar-refractivity contribution in [3.8, 4) is 0 Å². The Morgan fingerprint density at radius 1 is 1.24 bits per heavy atom. The molecule has 8 heteroatoms. The second kappa shape index (κ2) is 8.98. The van der Waals surface area contributed by atoms with E-state index in [4.69, 9.17) is 10.9 Å². The molecule has 1 aromatic rings. The molecule has 0 spiro atoms. The summed E-state index contributed by atoms with van der Waals surface area (Å²) in [5.74, 6) is -0.132. The van der Waals surface area contributed by atoms with Crippen molar-refractivity contribution < 1.29 is 13.2 Å². The van der Waals surface area contributed by atoms with Gasteiger partial charge in [0.25, 0.3) is 0 Å². The zero-order valence-electron chi connectivity index (χ0n) is 14.6. The summed E-state index contributed by atoms with van der Waals surface area (Å²) in [4.78, 5) is 12.5. The van der Waals surface area contributed by atoms with E-state index in [2.05, 4.69) is 5.32 Å². The molecule has 1 aliphatic carbocycles. The van der Waals surface area contributed by atoms with E-state index < -0.39 is 10.0 Å². The van der Waals surface area contributed by atoms with E-state index in [9.17, 15) is 13.2 Å². The molecule has 0 unspecified atom stereocenters. The fourth-order valence-electron chi connectivity index (χ4n) is 3.49. The van der Waals surface area contributed by atoms with Gasteiger partial charge in [0.05, 0.1) is 4.90 Å². The minimum absolute atomic E-state index is 0. The third-order valence-corrected chi connectivity index (χ3v) is 5.91. The lowest BCUT2D eigenvalue weighted by Crippen LogP contribution is -2.36. The molecule has 0 bridgehead atoms. The number of anilines is 1. The standard InChI is InChI=1S/C17H27N3O3S.ClH/c1-2-13-6-7-14(10-15(13)24(19,22)23)20-16(21)11-17(12-18)8-4-3-5-9-17;/h6-7,10H,2-5,8-9,11-12,18H2,1H3,(H,20,21)(H2,19,22,23);1H. The highest BCUT2D eigenvalue weighted by Crippen LogP contribution is 2.38. The van der Waals surface area contributed by atoms with E-state index in [0.29, 0.717) is 30.6 Å². The molecule has 25 heavy (non-hydrogen) atoms. The number of nitrogens with one attached hydrogen (secondary N) is 1. The highest BCUT2D eigenvalue weighted by atomic mass is 35.5. The van der Waals surface area contributed by atoms with E-state index in [-0.39, 0.29) is 28.6 Å². The molecule has 0 saturated heterocycles. The Morgan fingerprint density at radius 3 is 2.40 bits per heavy atom. The maximum atomic E-state index is 12.4. The molecule has 5 N–H and O–H groups in total. The monoisotopic (exact) mass is 389 g/mol. The Hall–Kier alpha value is -1.15. The van der Waals surface area contributed by atoms with Crippen LogP contribution < -0.4 is 16.2 Å². The van der Waals surface area contributed by atoms with Gasteiger partial charge in [0.1, 0.15) is 0 Å². The van der Waals surface area contributed by atoms with Crippen molar-refractivity contribution in [2.45, 2.75) is 56.8 Å². The molecule has 2 rings (SSSR count). The number of amides is 1. The van der Waals surface area contributed by atoms with Gasteiger partial charge in [0.15, 0.2) is 0 Å². The summed E-state index contributed by atoms with van der Waals surface area (Å²) in [6.45, 7) is 2.36. The Morgan fingerprint density at radius 2 is 1.88 bits per heavy atom. The predicted molar refractivity (Wildman–Crippen MR) is 102 cm³/mol. The van der Waals surface area contributed by atoms with Crippen LogP contribution >= 0.6 is 12.4 Å². The van der Waals surface area contributed by atoms with Crippen molar-refractivity contribution in [3.63, 3.8) is 0 Å². The fourth-order valence-corrected chi connectivity index (χ4v) is 4.36. The summed E-state index contributed by atoms with van der Waals surface area (Å²) in [5, 5.41) is 8.07. The molecule has 0 aromatic heterocycles. The van der Waals surface area contributed by atoms with Crippen LogP contribution in [-0.2, 0) is 21.2 Å². The Kier molecular flexibility index (Phi) is 7.87. The first kappa shape index (κ1) is 21.9. The maximum Gasteiger partial charge on any atom is 0.238 e. The van der Waals surface area contributed by atoms with Gasteiger partial charge >= 0.3 is 0 Å². The minimum atomic E-state index is -3.82. The van der Waals surface area contributed by atoms with Gasteiger partial charge in [-0.2, -0.15) is 0 Å². The average molecular weight is 390 g/mol. The molecule has 1 fully saturated rings. The van der Waals surface area contributed by atoms with E-state index in [1.807, 2.05) is 6.92 Å². The van der Waals surface area contributed by atoms with E-state index in [1.54, 1.807) is 12.1 Å². The number of hydrogen-bond acceptors (Lipinski definition) is 4. The quantitative estimate of drug-likeness (QED) is 0.693. The third-order valence-electron chi connectivity index (χ3n) is 4.92. The molecular formula is C17H28ClN3O3S. The molecule has 0 atom stereocenters. The molecule has 0 radical (unpaired) electrons. The van der Waals surface area contributed by atoms with Crippen LogP contribution in [0.2, 0.25) is 0 Å². The normalized spacial score (nSPS) is 16.8. The van der Waals surface area contributed by atoms with E-state index in [1.165, 1.54) is 12.5 Å². The van der Waals surface area contributed by atoms with Crippen LogP contribution in [0.25, 0.3) is 0 Å². The topological polar surface area (TPSA) is 115 Å². The summed E-state index contributed by atoms with van der Waals surface area (Å²) in [6.07, 6.45) is 6.25. The van der Waals surface area contributed by atoms with Crippen LogP contribution in [0.15, 0.2) is 23.1 Å². The first-order valence-electron chi connectivity index (χ1n) is 8.45. The summed E-state index contributed by atoms with van der Waals surface area (Å²) < 4.78 is 23.4. The molecule has 142 valence electrons. The van der Waals surface area contributed by atoms with Crippen LogP contribution in [0.1, 0.15) is 51.0 Å². The third kappa shape index (κ3) is 5.67. The summed E-state index contributed by atoms with van der Waals surface area (Å²) in [6, 6.07) is 4.83. The lowest BCUT2D eigenvalue weighted by Gasteiger charge is -2.35. The van der Waals surface area contributed by atoms with Crippen LogP contribution in [0.5, 0.6) is 0 Å². The number of carbonyl (C=O) groups is 1. The van der Waals surface area contributed by atoms with Gasteiger partial charge in [0.2, 0.25) is 15.9 Å². The number of aryl methyl sites for hydroxylation is 1. The summed E-state index contributed by atoms with van der Waals surface area (Å²) >= 11 is 0. The zero-order chi connectivity index (χ0) is 17.8.